The molecular weight excluding hydrogens is 180 g/mol. The quantitative estimate of drug-likeness (QED) is 0.419. The summed E-state index contributed by atoms with van der Waals surface area (Å²) < 4.78 is 4.95. The zero-order chi connectivity index (χ0) is 10.6. The number of ether oxygens (including phenoxy) is 1. The molecule has 3 nitrogen and oxygen atoms in total. The lowest BCUT2D eigenvalue weighted by Crippen LogP contribution is -2.05. The molecule has 14 heavy (non-hydrogen) atoms. The smallest absolute Gasteiger partial charge is 0.310 e. The highest BCUT2D eigenvalue weighted by atomic mass is 16.5. The molecule has 3 heteroatoms. The minimum Gasteiger partial charge on any atom is -0.427 e. The first-order valence-electron chi connectivity index (χ1n) is 4.45. The average molecular weight is 192 g/mol. The van der Waals surface area contributed by atoms with Crippen molar-refractivity contribution in [3.63, 3.8) is 0 Å². The Morgan fingerprint density at radius 2 is 1.79 bits per heavy atom. The van der Waals surface area contributed by atoms with Gasteiger partial charge in [-0.2, -0.15) is 0 Å². The van der Waals surface area contributed by atoms with Crippen molar-refractivity contribution >= 4 is 11.8 Å². The molecule has 1 aromatic rings. The summed E-state index contributed by atoms with van der Waals surface area (Å²) in [6.45, 7) is 3.22. The minimum absolute atomic E-state index is 0.00151. The molecule has 0 aromatic heterocycles. The van der Waals surface area contributed by atoms with Crippen molar-refractivity contribution in [3.05, 3.63) is 29.8 Å². The van der Waals surface area contributed by atoms with E-state index in [2.05, 4.69) is 0 Å². The Hall–Kier alpha value is -1.64. The predicted octanol–water partition coefficient (Wildman–Crippen LogP) is 2.20. The van der Waals surface area contributed by atoms with E-state index in [0.29, 0.717) is 17.7 Å². The maximum absolute atomic E-state index is 10.9. The van der Waals surface area contributed by atoms with Crippen LogP contribution in [0.15, 0.2) is 24.3 Å². The first-order chi connectivity index (χ1) is 6.63. The Balaban J connectivity index is 2.73. The van der Waals surface area contributed by atoms with Gasteiger partial charge in [0.15, 0.2) is 5.78 Å². The second kappa shape index (κ2) is 4.56. The molecule has 0 N–H and O–H groups in total. The Labute approximate surface area is 82.7 Å². The summed E-state index contributed by atoms with van der Waals surface area (Å²) in [5, 5.41) is 0. The fraction of sp³-hybridized carbons (Fsp3) is 0.273. The van der Waals surface area contributed by atoms with Crippen molar-refractivity contribution in [2.24, 2.45) is 0 Å². The maximum Gasteiger partial charge on any atom is 0.310 e. The van der Waals surface area contributed by atoms with Crippen LogP contribution in [0.5, 0.6) is 5.75 Å². The normalized spacial score (nSPS) is 9.57. The van der Waals surface area contributed by atoms with Crippen LogP contribution < -0.4 is 4.74 Å². The molecule has 0 heterocycles. The first kappa shape index (κ1) is 10.4. The second-order valence-corrected chi connectivity index (χ2v) is 2.91. The third-order valence-electron chi connectivity index (χ3n) is 1.78. The molecule has 0 bridgehead atoms. The molecule has 1 aromatic carbocycles. The highest BCUT2D eigenvalue weighted by Crippen LogP contribution is 2.12. The molecule has 0 fully saturated rings. The maximum atomic E-state index is 10.9. The number of carbonyl (C=O) groups is 2. The van der Waals surface area contributed by atoms with Crippen LogP contribution in [0, 0.1) is 0 Å². The van der Waals surface area contributed by atoms with Gasteiger partial charge in [0.05, 0.1) is 0 Å². The van der Waals surface area contributed by atoms with E-state index in [0.717, 1.165) is 0 Å². The molecule has 0 spiro atoms. The molecule has 0 aliphatic carbocycles. The summed E-state index contributed by atoms with van der Waals surface area (Å²) in [4.78, 5) is 21.8. The van der Waals surface area contributed by atoms with Gasteiger partial charge in [-0.15, -0.1) is 0 Å². The number of Topliss-reactive ketones (excluding diaryl/α,β-unsaturated/α-hetero) is 1. The van der Waals surface area contributed by atoms with E-state index in [9.17, 15) is 9.59 Å². The Kier molecular flexibility index (Phi) is 3.40. The third kappa shape index (κ3) is 2.69. The van der Waals surface area contributed by atoms with Crippen molar-refractivity contribution in [1.82, 2.24) is 0 Å². The summed E-state index contributed by atoms with van der Waals surface area (Å²) in [6, 6.07) is 6.51. The number of esters is 1. The minimum atomic E-state index is -0.277. The molecule has 0 atom stereocenters. The number of ketones is 1. The molecule has 74 valence electrons. The molecule has 0 saturated carbocycles. The molecule has 1 rings (SSSR count). The summed E-state index contributed by atoms with van der Waals surface area (Å²) >= 11 is 0. The number of rotatable bonds is 3. The van der Waals surface area contributed by atoms with Gasteiger partial charge < -0.3 is 4.74 Å². The highest BCUT2D eigenvalue weighted by Gasteiger charge is 2.02. The lowest BCUT2D eigenvalue weighted by Gasteiger charge is -2.02. The monoisotopic (exact) mass is 192 g/mol. The fourth-order valence-electron chi connectivity index (χ4n) is 0.961. The van der Waals surface area contributed by atoms with Crippen LogP contribution in [0.2, 0.25) is 0 Å². The highest BCUT2D eigenvalue weighted by molar-refractivity contribution is 5.94. The van der Waals surface area contributed by atoms with E-state index in [-0.39, 0.29) is 11.8 Å². The van der Waals surface area contributed by atoms with Gasteiger partial charge in [0.2, 0.25) is 0 Å². The van der Waals surface area contributed by atoms with Crippen LogP contribution in [-0.4, -0.2) is 11.8 Å². The van der Waals surface area contributed by atoms with Crippen LogP contribution in [-0.2, 0) is 4.79 Å². The van der Waals surface area contributed by atoms with Gasteiger partial charge in [0, 0.05) is 12.0 Å². The van der Waals surface area contributed by atoms with Gasteiger partial charge in [-0.05, 0) is 31.2 Å². The SMILES string of the molecule is CCC(=O)Oc1ccc(C(C)=O)cc1. The Morgan fingerprint density at radius 3 is 2.21 bits per heavy atom. The van der Waals surface area contributed by atoms with E-state index in [1.165, 1.54) is 6.92 Å². The van der Waals surface area contributed by atoms with E-state index in [1.807, 2.05) is 0 Å². The number of hydrogen-bond donors (Lipinski definition) is 0. The molecular formula is C11H12O3. The largest absolute Gasteiger partial charge is 0.427 e. The van der Waals surface area contributed by atoms with E-state index < -0.39 is 0 Å². The van der Waals surface area contributed by atoms with Gasteiger partial charge >= 0.3 is 5.97 Å². The van der Waals surface area contributed by atoms with Gasteiger partial charge in [-0.25, -0.2) is 0 Å². The van der Waals surface area contributed by atoms with Crippen molar-refractivity contribution in [1.29, 1.82) is 0 Å². The Bertz CT molecular complexity index is 338. The summed E-state index contributed by atoms with van der Waals surface area (Å²) in [5.74, 6) is 0.195. The van der Waals surface area contributed by atoms with Crippen LogP contribution in [0.25, 0.3) is 0 Å². The number of hydrogen-bond acceptors (Lipinski definition) is 3. The average Bonchev–Trinajstić information content (AvgIpc) is 2.18. The molecule has 0 saturated heterocycles. The summed E-state index contributed by atoms with van der Waals surface area (Å²) in [6.07, 6.45) is 0.342. The zero-order valence-corrected chi connectivity index (χ0v) is 8.24. The third-order valence-corrected chi connectivity index (χ3v) is 1.78. The van der Waals surface area contributed by atoms with Crippen molar-refractivity contribution in [3.8, 4) is 5.75 Å². The van der Waals surface area contributed by atoms with Crippen LogP contribution in [0.4, 0.5) is 0 Å². The number of benzene rings is 1. The lowest BCUT2D eigenvalue weighted by molar-refractivity contribution is -0.134. The van der Waals surface area contributed by atoms with Crippen molar-refractivity contribution in [2.75, 3.05) is 0 Å². The topological polar surface area (TPSA) is 43.4 Å². The predicted molar refractivity (Wildman–Crippen MR) is 52.4 cm³/mol. The van der Waals surface area contributed by atoms with Gasteiger partial charge in [0.1, 0.15) is 5.75 Å². The first-order valence-corrected chi connectivity index (χ1v) is 4.45. The molecule has 0 radical (unpaired) electrons. The van der Waals surface area contributed by atoms with Crippen LogP contribution >= 0.6 is 0 Å². The standard InChI is InChI=1S/C11H12O3/c1-3-11(13)14-10-6-4-9(5-7-10)8(2)12/h4-7H,3H2,1-2H3. The Morgan fingerprint density at radius 1 is 1.21 bits per heavy atom. The summed E-state index contributed by atoms with van der Waals surface area (Å²) in [5.41, 5.74) is 0.612. The zero-order valence-electron chi connectivity index (χ0n) is 8.24. The lowest BCUT2D eigenvalue weighted by atomic mass is 10.1. The van der Waals surface area contributed by atoms with E-state index in [4.69, 9.17) is 4.74 Å². The molecule has 0 aliphatic rings. The van der Waals surface area contributed by atoms with E-state index in [1.54, 1.807) is 31.2 Å². The van der Waals surface area contributed by atoms with Crippen LogP contribution in [0.1, 0.15) is 30.6 Å². The van der Waals surface area contributed by atoms with E-state index >= 15 is 0 Å². The van der Waals surface area contributed by atoms with Gasteiger partial charge in [-0.1, -0.05) is 6.92 Å². The molecule has 0 aliphatic heterocycles. The second-order valence-electron chi connectivity index (χ2n) is 2.91. The molecule has 0 amide bonds. The number of carbonyl (C=O) groups excluding carboxylic acids is 2. The van der Waals surface area contributed by atoms with Crippen molar-refractivity contribution in [2.45, 2.75) is 20.3 Å². The summed E-state index contributed by atoms with van der Waals surface area (Å²) in [7, 11) is 0. The van der Waals surface area contributed by atoms with Gasteiger partial charge in [-0.3, -0.25) is 9.59 Å². The molecule has 0 unspecified atom stereocenters. The fourth-order valence-corrected chi connectivity index (χ4v) is 0.961. The van der Waals surface area contributed by atoms with Crippen LogP contribution in [0.3, 0.4) is 0 Å². The van der Waals surface area contributed by atoms with Gasteiger partial charge in [0.25, 0.3) is 0 Å². The van der Waals surface area contributed by atoms with Crippen molar-refractivity contribution < 1.29 is 14.3 Å².